The highest BCUT2D eigenvalue weighted by molar-refractivity contribution is 7.25. The van der Waals surface area contributed by atoms with Crippen LogP contribution in [0.5, 0.6) is 0 Å². The lowest BCUT2D eigenvalue weighted by molar-refractivity contribution is 0.446. The van der Waals surface area contributed by atoms with Gasteiger partial charge >= 0.3 is 0 Å². The first-order chi connectivity index (χ1) is 24.2. The maximum Gasteiger partial charge on any atom is 0.0476 e. The molecule has 1 fully saturated rings. The van der Waals surface area contributed by atoms with Gasteiger partial charge in [-0.2, -0.15) is 0 Å². The zero-order chi connectivity index (χ0) is 32.6. The molecule has 0 N–H and O–H groups in total. The van der Waals surface area contributed by atoms with Gasteiger partial charge in [-0.15, -0.1) is 11.3 Å². The maximum absolute atomic E-state index is 2.43. The Morgan fingerprint density at radius 1 is 0.408 bits per heavy atom. The highest BCUT2D eigenvalue weighted by atomic mass is 32.1. The van der Waals surface area contributed by atoms with Crippen LogP contribution in [0.1, 0.15) is 49.7 Å². The van der Waals surface area contributed by atoms with Crippen LogP contribution in [0.15, 0.2) is 164 Å². The number of benzene rings is 7. The second-order valence-corrected chi connectivity index (χ2v) is 14.7. The van der Waals surface area contributed by atoms with Crippen molar-refractivity contribution >= 4 is 59.3 Å². The SMILES string of the molecule is c1ccc(C2(c3ccc(N(c4ccc(-c5ccc6ccccc6c5)cc4)c4ccc5c(c4)sc4ccccc45)cc3)CCCCCC2)cc1. The molecule has 0 amide bonds. The quantitative estimate of drug-likeness (QED) is 0.162. The molecule has 0 spiro atoms. The molecule has 0 unspecified atom stereocenters. The Labute approximate surface area is 293 Å². The Kier molecular flexibility index (Phi) is 7.75. The van der Waals surface area contributed by atoms with E-state index in [4.69, 9.17) is 0 Å². The Morgan fingerprint density at radius 2 is 1.00 bits per heavy atom. The molecule has 238 valence electrons. The van der Waals surface area contributed by atoms with Crippen molar-refractivity contribution in [3.8, 4) is 11.1 Å². The van der Waals surface area contributed by atoms with E-state index in [9.17, 15) is 0 Å². The molecule has 49 heavy (non-hydrogen) atoms. The molecular formula is C47H39NS. The Hall–Kier alpha value is -5.18. The summed E-state index contributed by atoms with van der Waals surface area (Å²) in [5, 5.41) is 5.19. The van der Waals surface area contributed by atoms with Crippen LogP contribution in [0.25, 0.3) is 42.1 Å². The van der Waals surface area contributed by atoms with Crippen LogP contribution >= 0.6 is 11.3 Å². The van der Waals surface area contributed by atoms with Gasteiger partial charge in [0.25, 0.3) is 0 Å². The van der Waals surface area contributed by atoms with Crippen molar-refractivity contribution in [3.63, 3.8) is 0 Å². The summed E-state index contributed by atoms with van der Waals surface area (Å²) in [6, 6.07) is 61.0. The van der Waals surface area contributed by atoms with Crippen LogP contribution < -0.4 is 4.90 Å². The summed E-state index contributed by atoms with van der Waals surface area (Å²) in [5.74, 6) is 0. The lowest BCUT2D eigenvalue weighted by atomic mass is 9.69. The molecule has 7 aromatic carbocycles. The fourth-order valence-corrected chi connectivity index (χ4v) is 9.37. The van der Waals surface area contributed by atoms with E-state index in [1.54, 1.807) is 0 Å². The second kappa shape index (κ2) is 12.7. The van der Waals surface area contributed by atoms with E-state index in [1.807, 2.05) is 11.3 Å². The summed E-state index contributed by atoms with van der Waals surface area (Å²) in [6.45, 7) is 0. The normalized spacial score (nSPS) is 14.6. The van der Waals surface area contributed by atoms with Crippen molar-refractivity contribution in [2.75, 3.05) is 4.90 Å². The molecule has 0 aliphatic heterocycles. The van der Waals surface area contributed by atoms with E-state index < -0.39 is 0 Å². The van der Waals surface area contributed by atoms with Crippen molar-refractivity contribution in [2.24, 2.45) is 0 Å². The third-order valence-electron chi connectivity index (χ3n) is 10.8. The van der Waals surface area contributed by atoms with Crippen LogP contribution in [0.3, 0.4) is 0 Å². The minimum absolute atomic E-state index is 0.0681. The number of anilines is 3. The summed E-state index contributed by atoms with van der Waals surface area (Å²) in [7, 11) is 0. The van der Waals surface area contributed by atoms with E-state index in [0.29, 0.717) is 0 Å². The molecule has 1 heterocycles. The Bertz CT molecular complexity index is 2380. The number of hydrogen-bond donors (Lipinski definition) is 0. The molecule has 2 heteroatoms. The molecule has 0 bridgehead atoms. The van der Waals surface area contributed by atoms with Crippen molar-refractivity contribution in [3.05, 3.63) is 175 Å². The Morgan fingerprint density at radius 3 is 1.78 bits per heavy atom. The van der Waals surface area contributed by atoms with E-state index in [-0.39, 0.29) is 5.41 Å². The average molecular weight is 650 g/mol. The molecular weight excluding hydrogens is 611 g/mol. The monoisotopic (exact) mass is 649 g/mol. The lowest BCUT2D eigenvalue weighted by Gasteiger charge is -2.35. The van der Waals surface area contributed by atoms with Crippen molar-refractivity contribution in [1.29, 1.82) is 0 Å². The average Bonchev–Trinajstić information content (AvgIpc) is 3.35. The smallest absolute Gasteiger partial charge is 0.0476 e. The Balaban J connectivity index is 1.14. The minimum Gasteiger partial charge on any atom is -0.310 e. The third kappa shape index (κ3) is 5.51. The maximum atomic E-state index is 2.43. The van der Waals surface area contributed by atoms with E-state index in [0.717, 1.165) is 5.69 Å². The van der Waals surface area contributed by atoms with Gasteiger partial charge in [-0.3, -0.25) is 0 Å². The first kappa shape index (κ1) is 29.9. The molecule has 1 nitrogen and oxygen atoms in total. The molecule has 0 atom stereocenters. The van der Waals surface area contributed by atoms with Crippen LogP contribution in [-0.2, 0) is 5.41 Å². The van der Waals surface area contributed by atoms with Gasteiger partial charge in [-0.25, -0.2) is 0 Å². The predicted octanol–water partition coefficient (Wildman–Crippen LogP) is 14.0. The van der Waals surface area contributed by atoms with Crippen molar-refractivity contribution in [2.45, 2.75) is 43.9 Å². The predicted molar refractivity (Wildman–Crippen MR) is 212 cm³/mol. The highest BCUT2D eigenvalue weighted by Crippen LogP contribution is 2.46. The first-order valence-electron chi connectivity index (χ1n) is 17.7. The topological polar surface area (TPSA) is 3.24 Å². The molecule has 8 aromatic rings. The van der Waals surface area contributed by atoms with Crippen molar-refractivity contribution < 1.29 is 0 Å². The molecule has 1 saturated carbocycles. The summed E-state index contributed by atoms with van der Waals surface area (Å²) in [5.41, 5.74) is 8.95. The zero-order valence-electron chi connectivity index (χ0n) is 27.7. The van der Waals surface area contributed by atoms with Gasteiger partial charge in [0.15, 0.2) is 0 Å². The summed E-state index contributed by atoms with van der Waals surface area (Å²) < 4.78 is 2.65. The van der Waals surface area contributed by atoms with Gasteiger partial charge < -0.3 is 4.90 Å². The largest absolute Gasteiger partial charge is 0.310 e. The van der Waals surface area contributed by atoms with Gasteiger partial charge in [-0.05, 0) is 94.4 Å². The number of rotatable bonds is 6. The molecule has 1 aliphatic carbocycles. The van der Waals surface area contributed by atoms with E-state index >= 15 is 0 Å². The lowest BCUT2D eigenvalue weighted by Crippen LogP contribution is -2.27. The fraction of sp³-hybridized carbons (Fsp3) is 0.149. The first-order valence-corrected chi connectivity index (χ1v) is 18.5. The summed E-state index contributed by atoms with van der Waals surface area (Å²) in [6.07, 6.45) is 7.63. The van der Waals surface area contributed by atoms with Gasteiger partial charge in [0.2, 0.25) is 0 Å². The molecule has 1 aromatic heterocycles. The van der Waals surface area contributed by atoms with Gasteiger partial charge in [0.05, 0.1) is 0 Å². The zero-order valence-corrected chi connectivity index (χ0v) is 28.5. The molecule has 1 aliphatic rings. The number of nitrogens with zero attached hydrogens (tertiary/aromatic N) is 1. The van der Waals surface area contributed by atoms with Crippen LogP contribution in [-0.4, -0.2) is 0 Å². The van der Waals surface area contributed by atoms with Gasteiger partial charge in [0, 0.05) is 42.6 Å². The minimum atomic E-state index is 0.0681. The molecule has 0 saturated heterocycles. The van der Waals surface area contributed by atoms with Crippen LogP contribution in [0.2, 0.25) is 0 Å². The van der Waals surface area contributed by atoms with Crippen LogP contribution in [0.4, 0.5) is 17.1 Å². The van der Waals surface area contributed by atoms with Crippen molar-refractivity contribution in [1.82, 2.24) is 0 Å². The number of thiophene rings is 1. The van der Waals surface area contributed by atoms with E-state index in [1.165, 1.54) is 103 Å². The summed E-state index contributed by atoms with van der Waals surface area (Å²) >= 11 is 1.88. The highest BCUT2D eigenvalue weighted by Gasteiger charge is 2.34. The second-order valence-electron chi connectivity index (χ2n) is 13.6. The number of fused-ring (bicyclic) bond motifs is 4. The van der Waals surface area contributed by atoms with Crippen LogP contribution in [0, 0.1) is 0 Å². The summed E-state index contributed by atoms with van der Waals surface area (Å²) in [4.78, 5) is 2.43. The third-order valence-corrected chi connectivity index (χ3v) is 11.9. The fourth-order valence-electron chi connectivity index (χ4n) is 8.24. The van der Waals surface area contributed by atoms with E-state index in [2.05, 4.69) is 169 Å². The molecule has 9 rings (SSSR count). The number of hydrogen-bond acceptors (Lipinski definition) is 2. The van der Waals surface area contributed by atoms with Gasteiger partial charge in [-0.1, -0.05) is 141 Å². The standard InChI is InChI=1S/C47H39NS/c1-2-11-31-47(30-10-1,38-14-4-3-5-15-38)39-22-26-41(27-23-39)48(42-28-29-44-43-16-8-9-17-45(43)49-46(44)33-42)40-24-20-35(21-25-40)37-19-18-34-12-6-7-13-36(34)32-37/h3-9,12-29,32-33H,1-2,10-11,30-31H2. The van der Waals surface area contributed by atoms with Gasteiger partial charge in [0.1, 0.15) is 0 Å². The molecule has 0 radical (unpaired) electrons.